The van der Waals surface area contributed by atoms with Crippen molar-refractivity contribution in [2.24, 2.45) is 0 Å². The van der Waals surface area contributed by atoms with E-state index in [-0.39, 0.29) is 11.6 Å². The lowest BCUT2D eigenvalue weighted by atomic mass is 10.1. The maximum Gasteiger partial charge on any atom is 0.178 e. The number of halogens is 1. The molecule has 112 valence electrons. The van der Waals surface area contributed by atoms with Crippen LogP contribution in [0.1, 0.15) is 12.5 Å². The normalized spacial score (nSPS) is 11.3. The average molecular weight is 307 g/mol. The van der Waals surface area contributed by atoms with E-state index in [9.17, 15) is 12.8 Å². The van der Waals surface area contributed by atoms with Crippen LogP contribution in [0.25, 0.3) is 0 Å². The van der Waals surface area contributed by atoms with Crippen molar-refractivity contribution in [3.05, 3.63) is 59.9 Å². The van der Waals surface area contributed by atoms with Crippen molar-refractivity contribution in [1.29, 1.82) is 0 Å². The van der Waals surface area contributed by atoms with Crippen LogP contribution in [0.15, 0.2) is 53.4 Å². The van der Waals surface area contributed by atoms with Crippen molar-refractivity contribution in [3.63, 3.8) is 0 Å². The Bertz CT molecular complexity index is 696. The number of rotatable bonds is 6. The van der Waals surface area contributed by atoms with Crippen LogP contribution in [0, 0.1) is 5.82 Å². The zero-order valence-corrected chi connectivity index (χ0v) is 12.7. The van der Waals surface area contributed by atoms with Crippen LogP contribution < -0.4 is 5.32 Å². The number of benzene rings is 2. The molecular formula is C16H18FNO2S. The summed E-state index contributed by atoms with van der Waals surface area (Å²) in [4.78, 5) is 0.324. The minimum Gasteiger partial charge on any atom is -0.385 e. The van der Waals surface area contributed by atoms with Gasteiger partial charge in [-0.3, -0.25) is 0 Å². The quantitative estimate of drug-likeness (QED) is 0.891. The first-order valence-corrected chi connectivity index (χ1v) is 8.48. The highest BCUT2D eigenvalue weighted by atomic mass is 32.2. The molecule has 3 nitrogen and oxygen atoms in total. The first-order chi connectivity index (χ1) is 10.0. The molecule has 0 aromatic heterocycles. The van der Waals surface area contributed by atoms with E-state index >= 15 is 0 Å². The Balaban J connectivity index is 1.94. The van der Waals surface area contributed by atoms with Crippen LogP contribution in [0.3, 0.4) is 0 Å². The Morgan fingerprint density at radius 1 is 1.05 bits per heavy atom. The first kappa shape index (κ1) is 15.5. The molecule has 0 unspecified atom stereocenters. The summed E-state index contributed by atoms with van der Waals surface area (Å²) >= 11 is 0. The molecular weight excluding hydrogens is 289 g/mol. The molecule has 0 aliphatic heterocycles. The van der Waals surface area contributed by atoms with Crippen molar-refractivity contribution in [1.82, 2.24) is 0 Å². The van der Waals surface area contributed by atoms with Gasteiger partial charge in [-0.15, -0.1) is 0 Å². The van der Waals surface area contributed by atoms with Crippen molar-refractivity contribution in [2.75, 3.05) is 17.6 Å². The van der Waals surface area contributed by atoms with Crippen LogP contribution in [0.4, 0.5) is 10.1 Å². The molecule has 0 saturated carbocycles. The van der Waals surface area contributed by atoms with E-state index in [0.717, 1.165) is 5.69 Å². The molecule has 0 spiro atoms. The van der Waals surface area contributed by atoms with Gasteiger partial charge in [-0.25, -0.2) is 12.8 Å². The number of hydrogen-bond acceptors (Lipinski definition) is 3. The third-order valence-corrected chi connectivity index (χ3v) is 5.03. The summed E-state index contributed by atoms with van der Waals surface area (Å²) in [5, 5.41) is 3.16. The van der Waals surface area contributed by atoms with Gasteiger partial charge in [0.05, 0.1) is 10.6 Å². The van der Waals surface area contributed by atoms with Crippen molar-refractivity contribution in [3.8, 4) is 0 Å². The summed E-state index contributed by atoms with van der Waals surface area (Å²) in [6.07, 6.45) is 0.571. The average Bonchev–Trinajstić information content (AvgIpc) is 2.50. The zero-order valence-electron chi connectivity index (χ0n) is 11.8. The van der Waals surface area contributed by atoms with Crippen molar-refractivity contribution >= 4 is 15.5 Å². The van der Waals surface area contributed by atoms with Gasteiger partial charge in [0, 0.05) is 12.2 Å². The second-order valence-electron chi connectivity index (χ2n) is 4.70. The molecule has 2 rings (SSSR count). The van der Waals surface area contributed by atoms with E-state index < -0.39 is 9.84 Å². The summed E-state index contributed by atoms with van der Waals surface area (Å²) < 4.78 is 36.8. The maximum atomic E-state index is 13.4. The molecule has 21 heavy (non-hydrogen) atoms. The summed E-state index contributed by atoms with van der Waals surface area (Å²) in [5.41, 5.74) is 1.48. The topological polar surface area (TPSA) is 46.2 Å². The molecule has 1 N–H and O–H groups in total. The van der Waals surface area contributed by atoms with Gasteiger partial charge in [-0.2, -0.15) is 0 Å². The van der Waals surface area contributed by atoms with Gasteiger partial charge in [0.2, 0.25) is 0 Å². The molecule has 0 bridgehead atoms. The minimum absolute atomic E-state index is 0.0903. The van der Waals surface area contributed by atoms with Crippen LogP contribution in [-0.4, -0.2) is 20.7 Å². The maximum absolute atomic E-state index is 13.4. The second kappa shape index (κ2) is 6.72. The fraction of sp³-hybridized carbons (Fsp3) is 0.250. The van der Waals surface area contributed by atoms with Crippen molar-refractivity contribution < 1.29 is 12.8 Å². The van der Waals surface area contributed by atoms with Crippen LogP contribution in [0.2, 0.25) is 0 Å². The van der Waals surface area contributed by atoms with E-state index in [1.165, 1.54) is 6.07 Å². The van der Waals surface area contributed by atoms with Gasteiger partial charge in [0.1, 0.15) is 5.82 Å². The molecule has 0 fully saturated rings. The summed E-state index contributed by atoms with van der Waals surface area (Å²) in [7, 11) is -3.16. The number of hydrogen-bond donors (Lipinski definition) is 1. The van der Waals surface area contributed by atoms with Gasteiger partial charge < -0.3 is 5.32 Å². The lowest BCUT2D eigenvalue weighted by molar-refractivity contribution is 0.597. The van der Waals surface area contributed by atoms with Crippen LogP contribution >= 0.6 is 0 Å². The largest absolute Gasteiger partial charge is 0.385 e. The molecule has 0 radical (unpaired) electrons. The van der Waals surface area contributed by atoms with E-state index in [1.54, 1.807) is 43.3 Å². The molecule has 5 heteroatoms. The van der Waals surface area contributed by atoms with Crippen LogP contribution in [-0.2, 0) is 16.3 Å². The number of anilines is 1. The lowest BCUT2D eigenvalue weighted by Crippen LogP contribution is -2.07. The molecule has 0 aliphatic rings. The van der Waals surface area contributed by atoms with Gasteiger partial charge in [0.25, 0.3) is 0 Å². The monoisotopic (exact) mass is 307 g/mol. The smallest absolute Gasteiger partial charge is 0.178 e. The minimum atomic E-state index is -3.16. The molecule has 0 atom stereocenters. The van der Waals surface area contributed by atoms with Gasteiger partial charge >= 0.3 is 0 Å². The Hall–Kier alpha value is -1.88. The predicted octanol–water partition coefficient (Wildman–Crippen LogP) is 3.27. The molecule has 2 aromatic carbocycles. The Morgan fingerprint density at radius 3 is 2.33 bits per heavy atom. The summed E-state index contributed by atoms with van der Waals surface area (Å²) in [6, 6.07) is 13.3. The zero-order chi connectivity index (χ0) is 15.3. The molecule has 0 amide bonds. The summed E-state index contributed by atoms with van der Waals surface area (Å²) in [6.45, 7) is 2.21. The number of sulfone groups is 1. The first-order valence-electron chi connectivity index (χ1n) is 6.83. The predicted molar refractivity (Wildman–Crippen MR) is 82.8 cm³/mol. The molecule has 0 aliphatic carbocycles. The highest BCUT2D eigenvalue weighted by molar-refractivity contribution is 7.91. The van der Waals surface area contributed by atoms with Gasteiger partial charge in [-0.05, 0) is 42.3 Å². The number of nitrogens with one attached hydrogen (secondary N) is 1. The third kappa shape index (κ3) is 4.04. The summed E-state index contributed by atoms with van der Waals surface area (Å²) in [5.74, 6) is -0.115. The highest BCUT2D eigenvalue weighted by Gasteiger charge is 2.10. The molecule has 0 heterocycles. The SMILES string of the molecule is CCS(=O)(=O)c1ccc(NCCc2ccccc2F)cc1. The van der Waals surface area contributed by atoms with E-state index in [1.807, 2.05) is 6.07 Å². The van der Waals surface area contributed by atoms with E-state index in [4.69, 9.17) is 0 Å². The van der Waals surface area contributed by atoms with E-state index in [2.05, 4.69) is 5.32 Å². The van der Waals surface area contributed by atoms with Gasteiger partial charge in [-0.1, -0.05) is 25.1 Å². The lowest BCUT2D eigenvalue weighted by Gasteiger charge is -2.08. The Kier molecular flexibility index (Phi) is 4.96. The molecule has 0 saturated heterocycles. The fourth-order valence-corrected chi connectivity index (χ4v) is 2.87. The second-order valence-corrected chi connectivity index (χ2v) is 6.97. The van der Waals surface area contributed by atoms with E-state index in [0.29, 0.717) is 23.4 Å². The third-order valence-electron chi connectivity index (χ3n) is 3.27. The molecule has 2 aromatic rings. The standard InChI is InChI=1S/C16H18FNO2S/c1-2-21(19,20)15-9-7-14(8-10-15)18-12-11-13-5-3-4-6-16(13)17/h3-10,18H,2,11-12H2,1H3. The van der Waals surface area contributed by atoms with Crippen molar-refractivity contribution in [2.45, 2.75) is 18.2 Å². The van der Waals surface area contributed by atoms with Gasteiger partial charge in [0.15, 0.2) is 9.84 Å². The highest BCUT2D eigenvalue weighted by Crippen LogP contribution is 2.15. The Labute approximate surface area is 124 Å². The fourth-order valence-electron chi connectivity index (χ4n) is 1.99. The Morgan fingerprint density at radius 2 is 1.71 bits per heavy atom. The van der Waals surface area contributed by atoms with Crippen LogP contribution in [0.5, 0.6) is 0 Å².